The van der Waals surface area contributed by atoms with E-state index in [2.05, 4.69) is 4.98 Å². The zero-order chi connectivity index (χ0) is 18.8. The highest BCUT2D eigenvalue weighted by atomic mass is 16.5. The number of pyridine rings is 1. The van der Waals surface area contributed by atoms with Gasteiger partial charge in [0.05, 0.1) is 18.5 Å². The van der Waals surface area contributed by atoms with Gasteiger partial charge >= 0.3 is 0 Å². The van der Waals surface area contributed by atoms with E-state index in [1.807, 2.05) is 55.6 Å². The highest BCUT2D eigenvalue weighted by Gasteiger charge is 2.30. The number of para-hydroxylation sites is 2. The molecule has 0 aliphatic carbocycles. The molecule has 1 aliphatic heterocycles. The molecule has 1 aromatic heterocycles. The lowest BCUT2D eigenvalue weighted by molar-refractivity contribution is -0.136. The number of ether oxygens (including phenoxy) is 2. The molecule has 138 valence electrons. The van der Waals surface area contributed by atoms with Crippen LogP contribution in [0.3, 0.4) is 0 Å². The molecule has 27 heavy (non-hydrogen) atoms. The van der Waals surface area contributed by atoms with Crippen LogP contribution in [0, 0.1) is 5.92 Å². The third-order valence-corrected chi connectivity index (χ3v) is 5.02. The monoisotopic (exact) mass is 362 g/mol. The summed E-state index contributed by atoms with van der Waals surface area (Å²) < 4.78 is 11.2. The largest absolute Gasteiger partial charge is 0.493 e. The van der Waals surface area contributed by atoms with Gasteiger partial charge in [-0.2, -0.15) is 0 Å². The molecule has 0 saturated heterocycles. The molecule has 0 saturated carbocycles. The first-order valence-electron chi connectivity index (χ1n) is 9.03. The maximum Gasteiger partial charge on any atom is 0.229 e. The molecular weight excluding hydrogens is 340 g/mol. The van der Waals surface area contributed by atoms with Crippen LogP contribution < -0.4 is 9.47 Å². The summed E-state index contributed by atoms with van der Waals surface area (Å²) >= 11 is 0. The number of carbonyl (C=O) groups excluding carboxylic acids is 1. The minimum atomic E-state index is -0.197. The number of carbonyl (C=O) groups is 1. The van der Waals surface area contributed by atoms with Crippen molar-refractivity contribution >= 4 is 16.8 Å². The summed E-state index contributed by atoms with van der Waals surface area (Å²) in [5.74, 6) is 1.35. The van der Waals surface area contributed by atoms with Gasteiger partial charge in [-0.15, -0.1) is 0 Å². The van der Waals surface area contributed by atoms with Crippen molar-refractivity contribution in [3.63, 3.8) is 0 Å². The minimum Gasteiger partial charge on any atom is -0.493 e. The van der Waals surface area contributed by atoms with Crippen molar-refractivity contribution in [1.29, 1.82) is 0 Å². The maximum absolute atomic E-state index is 13.0. The van der Waals surface area contributed by atoms with E-state index < -0.39 is 0 Å². The number of nitrogens with zero attached hydrogens (tertiary/aromatic N) is 2. The predicted molar refractivity (Wildman–Crippen MR) is 104 cm³/mol. The van der Waals surface area contributed by atoms with Crippen LogP contribution >= 0.6 is 0 Å². The Hall–Kier alpha value is -3.08. The molecular formula is C22H22N2O3. The predicted octanol–water partition coefficient (Wildman–Crippen LogP) is 3.45. The van der Waals surface area contributed by atoms with Crippen LogP contribution in [-0.2, 0) is 17.8 Å². The first-order valence-corrected chi connectivity index (χ1v) is 9.03. The van der Waals surface area contributed by atoms with Gasteiger partial charge in [-0.25, -0.2) is 0 Å². The summed E-state index contributed by atoms with van der Waals surface area (Å²) in [7, 11) is 3.47. The molecule has 1 atom stereocenters. The van der Waals surface area contributed by atoms with Gasteiger partial charge in [0.1, 0.15) is 6.61 Å². The molecule has 4 rings (SSSR count). The Balaban J connectivity index is 1.51. The van der Waals surface area contributed by atoms with Crippen molar-refractivity contribution < 1.29 is 14.3 Å². The molecule has 0 N–H and O–H groups in total. The molecule has 0 spiro atoms. The van der Waals surface area contributed by atoms with Gasteiger partial charge in [0.25, 0.3) is 0 Å². The van der Waals surface area contributed by atoms with Crippen LogP contribution in [0.5, 0.6) is 11.5 Å². The average molecular weight is 362 g/mol. The van der Waals surface area contributed by atoms with Crippen molar-refractivity contribution in [2.75, 3.05) is 20.8 Å². The lowest BCUT2D eigenvalue weighted by atomic mass is 9.95. The topological polar surface area (TPSA) is 51.7 Å². The summed E-state index contributed by atoms with van der Waals surface area (Å²) in [6.45, 7) is 0.888. The molecule has 0 bridgehead atoms. The number of fused-ring (bicyclic) bond motifs is 2. The lowest BCUT2D eigenvalue weighted by Gasteiger charge is -2.29. The summed E-state index contributed by atoms with van der Waals surface area (Å²) in [6, 6.07) is 15.8. The number of aromatic nitrogens is 1. The van der Waals surface area contributed by atoms with Gasteiger partial charge in [-0.1, -0.05) is 36.4 Å². The summed E-state index contributed by atoms with van der Waals surface area (Å²) in [4.78, 5) is 19.2. The third kappa shape index (κ3) is 3.33. The summed E-state index contributed by atoms with van der Waals surface area (Å²) in [5.41, 5.74) is 3.00. The fraction of sp³-hybridized carbons (Fsp3) is 0.273. The van der Waals surface area contributed by atoms with Crippen molar-refractivity contribution in [1.82, 2.24) is 9.88 Å². The quantitative estimate of drug-likeness (QED) is 0.713. The molecule has 0 unspecified atom stereocenters. The Morgan fingerprint density at radius 2 is 2.04 bits per heavy atom. The Morgan fingerprint density at radius 3 is 2.89 bits per heavy atom. The number of benzene rings is 2. The number of rotatable bonds is 4. The van der Waals surface area contributed by atoms with Crippen LogP contribution in [0.15, 0.2) is 54.7 Å². The molecule has 5 nitrogen and oxygen atoms in total. The second kappa shape index (κ2) is 7.27. The first kappa shape index (κ1) is 17.3. The lowest BCUT2D eigenvalue weighted by Crippen LogP contribution is -2.38. The molecule has 2 aromatic carbocycles. The zero-order valence-corrected chi connectivity index (χ0v) is 15.5. The fourth-order valence-corrected chi connectivity index (χ4v) is 3.65. The highest BCUT2D eigenvalue weighted by molar-refractivity contribution is 5.83. The number of amides is 1. The van der Waals surface area contributed by atoms with Gasteiger partial charge < -0.3 is 14.4 Å². The van der Waals surface area contributed by atoms with Gasteiger partial charge in [0.2, 0.25) is 5.91 Å². The molecule has 0 fully saturated rings. The number of hydrogen-bond donors (Lipinski definition) is 0. The average Bonchev–Trinajstić information content (AvgIpc) is 2.72. The number of hydrogen-bond acceptors (Lipinski definition) is 4. The van der Waals surface area contributed by atoms with Crippen molar-refractivity contribution in [3.05, 3.63) is 65.9 Å². The van der Waals surface area contributed by atoms with E-state index >= 15 is 0 Å². The molecule has 5 heteroatoms. The smallest absolute Gasteiger partial charge is 0.229 e. The van der Waals surface area contributed by atoms with E-state index in [9.17, 15) is 4.79 Å². The highest BCUT2D eigenvalue weighted by Crippen LogP contribution is 2.36. The van der Waals surface area contributed by atoms with Crippen LogP contribution in [0.1, 0.15) is 11.1 Å². The Bertz CT molecular complexity index is 981. The minimum absolute atomic E-state index is 0.0800. The van der Waals surface area contributed by atoms with Gasteiger partial charge in [0, 0.05) is 25.2 Å². The van der Waals surface area contributed by atoms with Crippen molar-refractivity contribution in [2.45, 2.75) is 13.0 Å². The summed E-state index contributed by atoms with van der Waals surface area (Å²) in [5, 5.41) is 1.08. The van der Waals surface area contributed by atoms with Gasteiger partial charge in [-0.3, -0.25) is 9.78 Å². The Morgan fingerprint density at radius 1 is 1.22 bits per heavy atom. The SMILES string of the molecule is COc1cccc2c1OC[C@@H](C(=O)N(C)Cc1cccc3cccnc13)C2. The number of methoxy groups -OCH3 is 1. The molecule has 1 aliphatic rings. The summed E-state index contributed by atoms with van der Waals surface area (Å²) in [6.07, 6.45) is 2.44. The van der Waals surface area contributed by atoms with Gasteiger partial charge in [-0.05, 0) is 29.7 Å². The van der Waals surface area contributed by atoms with E-state index in [0.29, 0.717) is 25.3 Å². The third-order valence-electron chi connectivity index (χ3n) is 5.02. The van der Waals surface area contributed by atoms with E-state index in [1.54, 1.807) is 18.2 Å². The van der Waals surface area contributed by atoms with E-state index in [4.69, 9.17) is 9.47 Å². The molecule has 3 aromatic rings. The van der Waals surface area contributed by atoms with Crippen LogP contribution in [0.4, 0.5) is 0 Å². The Labute approximate surface area is 158 Å². The van der Waals surface area contributed by atoms with E-state index in [-0.39, 0.29) is 11.8 Å². The van der Waals surface area contributed by atoms with E-state index in [1.165, 1.54) is 0 Å². The molecule has 2 heterocycles. The molecule has 0 radical (unpaired) electrons. The first-order chi connectivity index (χ1) is 13.2. The van der Waals surface area contributed by atoms with Gasteiger partial charge in [0.15, 0.2) is 11.5 Å². The fourth-order valence-electron chi connectivity index (χ4n) is 3.65. The second-order valence-electron chi connectivity index (χ2n) is 6.85. The van der Waals surface area contributed by atoms with Crippen LogP contribution in [0.2, 0.25) is 0 Å². The van der Waals surface area contributed by atoms with Crippen LogP contribution in [-0.4, -0.2) is 36.6 Å². The van der Waals surface area contributed by atoms with Crippen molar-refractivity contribution in [3.8, 4) is 11.5 Å². The zero-order valence-electron chi connectivity index (χ0n) is 15.5. The Kier molecular flexibility index (Phi) is 4.67. The second-order valence-corrected chi connectivity index (χ2v) is 6.85. The standard InChI is InChI=1S/C22H22N2O3/c1-24(13-17-8-3-6-15-9-5-11-23-20(15)17)22(25)18-12-16-7-4-10-19(26-2)21(16)27-14-18/h3-11,18H,12-14H2,1-2H3/t18-/m0/s1. The normalized spacial score (nSPS) is 15.7. The molecule has 1 amide bonds. The van der Waals surface area contributed by atoms with Crippen molar-refractivity contribution in [2.24, 2.45) is 5.92 Å². The van der Waals surface area contributed by atoms with Crippen LogP contribution in [0.25, 0.3) is 10.9 Å². The van der Waals surface area contributed by atoms with E-state index in [0.717, 1.165) is 27.8 Å². The maximum atomic E-state index is 13.0.